The standard InChI is InChI=1S/C18H26Cl2N2O3S/c1-26(24,25)22(17-13-14(19)10-11-16(17)20)12-6-9-18(23)21-15-7-4-2-3-5-8-15/h10-11,13,15H,2-9,12H2,1H3,(H,21,23). The number of nitrogens with one attached hydrogen (secondary N) is 1. The number of carbonyl (C=O) groups excluding carboxylic acids is 1. The van der Waals surface area contributed by atoms with Crippen LogP contribution in [0.1, 0.15) is 51.4 Å². The Labute approximate surface area is 166 Å². The molecular formula is C18H26Cl2N2O3S. The van der Waals surface area contributed by atoms with E-state index in [9.17, 15) is 13.2 Å². The van der Waals surface area contributed by atoms with Crippen LogP contribution in [0.5, 0.6) is 0 Å². The summed E-state index contributed by atoms with van der Waals surface area (Å²) in [6.07, 6.45) is 8.63. The predicted molar refractivity (Wildman–Crippen MR) is 108 cm³/mol. The van der Waals surface area contributed by atoms with Gasteiger partial charge < -0.3 is 5.32 Å². The topological polar surface area (TPSA) is 66.5 Å². The quantitative estimate of drug-likeness (QED) is 0.665. The SMILES string of the molecule is CS(=O)(=O)N(CCCC(=O)NC1CCCCCC1)c1cc(Cl)ccc1Cl. The van der Waals surface area contributed by atoms with Crippen LogP contribution >= 0.6 is 23.2 Å². The van der Waals surface area contributed by atoms with Gasteiger partial charge in [0.25, 0.3) is 0 Å². The van der Waals surface area contributed by atoms with Gasteiger partial charge in [-0.15, -0.1) is 0 Å². The van der Waals surface area contributed by atoms with Gasteiger partial charge in [0, 0.05) is 24.0 Å². The molecule has 8 heteroatoms. The fraction of sp³-hybridized carbons (Fsp3) is 0.611. The Morgan fingerprint density at radius 3 is 2.46 bits per heavy atom. The van der Waals surface area contributed by atoms with E-state index in [1.165, 1.54) is 23.2 Å². The lowest BCUT2D eigenvalue weighted by atomic mass is 10.1. The van der Waals surface area contributed by atoms with E-state index in [2.05, 4.69) is 5.32 Å². The van der Waals surface area contributed by atoms with Crippen LogP contribution in [-0.2, 0) is 14.8 Å². The van der Waals surface area contributed by atoms with Gasteiger partial charge in [0.15, 0.2) is 0 Å². The molecule has 0 aromatic heterocycles. The third-order valence-corrected chi connectivity index (χ3v) is 6.30. The average Bonchev–Trinajstić information content (AvgIpc) is 2.82. The van der Waals surface area contributed by atoms with E-state index in [0.29, 0.717) is 22.2 Å². The zero-order chi connectivity index (χ0) is 19.2. The van der Waals surface area contributed by atoms with Crippen LogP contribution in [0, 0.1) is 0 Å². The van der Waals surface area contributed by atoms with Gasteiger partial charge in [-0.1, -0.05) is 48.9 Å². The van der Waals surface area contributed by atoms with Crippen molar-refractivity contribution in [2.24, 2.45) is 0 Å². The molecule has 1 aliphatic carbocycles. The second-order valence-electron chi connectivity index (χ2n) is 6.79. The van der Waals surface area contributed by atoms with Crippen molar-refractivity contribution in [1.82, 2.24) is 5.32 Å². The monoisotopic (exact) mass is 420 g/mol. The van der Waals surface area contributed by atoms with E-state index < -0.39 is 10.0 Å². The lowest BCUT2D eigenvalue weighted by Crippen LogP contribution is -2.36. The van der Waals surface area contributed by atoms with Gasteiger partial charge in [-0.05, 0) is 37.5 Å². The van der Waals surface area contributed by atoms with Gasteiger partial charge in [0.05, 0.1) is 17.0 Å². The van der Waals surface area contributed by atoms with Crippen molar-refractivity contribution >= 4 is 44.8 Å². The van der Waals surface area contributed by atoms with Crippen molar-refractivity contribution in [1.29, 1.82) is 0 Å². The number of hydrogen-bond donors (Lipinski definition) is 1. The summed E-state index contributed by atoms with van der Waals surface area (Å²) in [7, 11) is -3.53. The van der Waals surface area contributed by atoms with Crippen LogP contribution in [-0.4, -0.2) is 33.2 Å². The fourth-order valence-electron chi connectivity index (χ4n) is 3.25. The number of nitrogens with zero attached hydrogens (tertiary/aromatic N) is 1. The van der Waals surface area contributed by atoms with Crippen molar-refractivity contribution in [3.63, 3.8) is 0 Å². The van der Waals surface area contributed by atoms with Crippen molar-refractivity contribution < 1.29 is 13.2 Å². The Kier molecular flexibility index (Phi) is 8.05. The Morgan fingerprint density at radius 2 is 1.85 bits per heavy atom. The summed E-state index contributed by atoms with van der Waals surface area (Å²) in [4.78, 5) is 12.2. The highest BCUT2D eigenvalue weighted by Crippen LogP contribution is 2.30. The highest BCUT2D eigenvalue weighted by molar-refractivity contribution is 7.92. The molecule has 1 N–H and O–H groups in total. The third-order valence-electron chi connectivity index (χ3n) is 4.56. The number of halogens is 2. The number of carbonyl (C=O) groups is 1. The van der Waals surface area contributed by atoms with Crippen LogP contribution in [0.25, 0.3) is 0 Å². The summed E-state index contributed by atoms with van der Waals surface area (Å²) < 4.78 is 25.5. The van der Waals surface area contributed by atoms with Crippen LogP contribution in [0.15, 0.2) is 18.2 Å². The maximum absolute atomic E-state index is 12.2. The Bertz CT molecular complexity index is 717. The predicted octanol–water partition coefficient (Wildman–Crippen LogP) is 4.38. The number of rotatable bonds is 7. The van der Waals surface area contributed by atoms with E-state index in [0.717, 1.165) is 31.9 Å². The van der Waals surface area contributed by atoms with Gasteiger partial charge in [0.1, 0.15) is 0 Å². The minimum atomic E-state index is -3.53. The summed E-state index contributed by atoms with van der Waals surface area (Å²) >= 11 is 12.1. The maximum atomic E-state index is 12.2. The molecule has 0 radical (unpaired) electrons. The molecule has 2 rings (SSSR count). The van der Waals surface area contributed by atoms with Gasteiger partial charge in [-0.2, -0.15) is 0 Å². The Morgan fingerprint density at radius 1 is 1.19 bits per heavy atom. The Balaban J connectivity index is 1.93. The molecule has 0 spiro atoms. The van der Waals surface area contributed by atoms with Crippen molar-refractivity contribution in [2.75, 3.05) is 17.1 Å². The maximum Gasteiger partial charge on any atom is 0.232 e. The molecule has 1 fully saturated rings. The number of benzene rings is 1. The van der Waals surface area contributed by atoms with Crippen molar-refractivity contribution in [3.8, 4) is 0 Å². The van der Waals surface area contributed by atoms with Crippen LogP contribution in [0.2, 0.25) is 10.0 Å². The molecule has 1 saturated carbocycles. The van der Waals surface area contributed by atoms with E-state index in [1.54, 1.807) is 12.1 Å². The molecule has 1 aliphatic rings. The lowest BCUT2D eigenvalue weighted by molar-refractivity contribution is -0.121. The number of sulfonamides is 1. The minimum Gasteiger partial charge on any atom is -0.353 e. The van der Waals surface area contributed by atoms with Gasteiger partial charge in [-0.3, -0.25) is 9.10 Å². The van der Waals surface area contributed by atoms with Gasteiger partial charge in [-0.25, -0.2) is 8.42 Å². The second kappa shape index (κ2) is 9.81. The molecule has 0 heterocycles. The summed E-state index contributed by atoms with van der Waals surface area (Å²) in [6, 6.07) is 4.94. The number of anilines is 1. The smallest absolute Gasteiger partial charge is 0.232 e. The molecule has 0 unspecified atom stereocenters. The van der Waals surface area contributed by atoms with Gasteiger partial charge in [0.2, 0.25) is 15.9 Å². The second-order valence-corrected chi connectivity index (χ2v) is 9.54. The first-order valence-corrected chi connectivity index (χ1v) is 11.6. The number of hydrogen-bond acceptors (Lipinski definition) is 3. The van der Waals surface area contributed by atoms with E-state index in [4.69, 9.17) is 23.2 Å². The normalized spacial score (nSPS) is 16.1. The average molecular weight is 421 g/mol. The van der Waals surface area contributed by atoms with Crippen LogP contribution in [0.3, 0.4) is 0 Å². The first-order chi connectivity index (χ1) is 12.3. The van der Waals surface area contributed by atoms with E-state index in [-0.39, 0.29) is 24.9 Å². The number of amides is 1. The first-order valence-electron chi connectivity index (χ1n) is 8.99. The molecule has 0 saturated heterocycles. The van der Waals surface area contributed by atoms with E-state index >= 15 is 0 Å². The zero-order valence-electron chi connectivity index (χ0n) is 15.0. The van der Waals surface area contributed by atoms with E-state index in [1.807, 2.05) is 0 Å². The molecule has 1 aromatic rings. The summed E-state index contributed by atoms with van der Waals surface area (Å²) in [5, 5.41) is 3.79. The molecule has 5 nitrogen and oxygen atoms in total. The van der Waals surface area contributed by atoms with Crippen molar-refractivity contribution in [3.05, 3.63) is 28.2 Å². The Hall–Kier alpha value is -0.980. The molecule has 146 valence electrons. The molecular weight excluding hydrogens is 395 g/mol. The first kappa shape index (κ1) is 21.3. The molecule has 26 heavy (non-hydrogen) atoms. The molecule has 1 amide bonds. The highest BCUT2D eigenvalue weighted by atomic mass is 35.5. The van der Waals surface area contributed by atoms with Crippen LogP contribution < -0.4 is 9.62 Å². The summed E-state index contributed by atoms with van der Waals surface area (Å²) in [5.41, 5.74) is 0.339. The lowest BCUT2D eigenvalue weighted by Gasteiger charge is -2.24. The molecule has 1 aromatic carbocycles. The van der Waals surface area contributed by atoms with Crippen molar-refractivity contribution in [2.45, 2.75) is 57.4 Å². The minimum absolute atomic E-state index is 0.0254. The highest BCUT2D eigenvalue weighted by Gasteiger charge is 2.21. The summed E-state index contributed by atoms with van der Waals surface area (Å²) in [5.74, 6) is -0.0254. The zero-order valence-corrected chi connectivity index (χ0v) is 17.3. The summed E-state index contributed by atoms with van der Waals surface area (Å²) in [6.45, 7) is 0.178. The molecule has 0 atom stereocenters. The molecule has 0 aliphatic heterocycles. The van der Waals surface area contributed by atoms with Crippen LogP contribution in [0.4, 0.5) is 5.69 Å². The fourth-order valence-corrected chi connectivity index (χ4v) is 4.65. The van der Waals surface area contributed by atoms with Gasteiger partial charge >= 0.3 is 0 Å². The molecule has 0 bridgehead atoms. The largest absolute Gasteiger partial charge is 0.353 e. The third kappa shape index (κ3) is 6.63.